The molecule has 1 amide bonds. The van der Waals surface area contributed by atoms with Gasteiger partial charge in [0.15, 0.2) is 6.61 Å². The highest BCUT2D eigenvalue weighted by molar-refractivity contribution is 7.92. The molecule has 0 saturated carbocycles. The molecule has 0 radical (unpaired) electrons. The van der Waals surface area contributed by atoms with Crippen molar-refractivity contribution in [1.82, 2.24) is 5.32 Å². The Bertz CT molecular complexity index is 540. The molecular weight excluding hydrogens is 280 g/mol. The molecular formula is C13H20N2O4S. The standard InChI is InChI=1S/C13H20N2O4S/c1-4-14-13(16)10-19-12-8-6-11(7-9-12)15(5-2)20(3,17)18/h6-9H,4-5,10H2,1-3H3,(H,14,16). The van der Waals surface area contributed by atoms with E-state index >= 15 is 0 Å². The molecule has 20 heavy (non-hydrogen) atoms. The summed E-state index contributed by atoms with van der Waals surface area (Å²) in [6.07, 6.45) is 1.16. The number of sulfonamides is 1. The summed E-state index contributed by atoms with van der Waals surface area (Å²) in [5, 5.41) is 2.62. The van der Waals surface area contributed by atoms with E-state index in [0.717, 1.165) is 6.26 Å². The summed E-state index contributed by atoms with van der Waals surface area (Å²) in [7, 11) is -3.29. The second kappa shape index (κ2) is 7.14. The van der Waals surface area contributed by atoms with Crippen LogP contribution < -0.4 is 14.4 Å². The summed E-state index contributed by atoms with van der Waals surface area (Å²) >= 11 is 0. The van der Waals surface area contributed by atoms with Crippen LogP contribution in [0.2, 0.25) is 0 Å². The molecule has 0 bridgehead atoms. The number of rotatable bonds is 7. The van der Waals surface area contributed by atoms with E-state index in [1.165, 1.54) is 4.31 Å². The van der Waals surface area contributed by atoms with Crippen molar-refractivity contribution in [3.63, 3.8) is 0 Å². The third-order valence-corrected chi connectivity index (χ3v) is 3.83. The van der Waals surface area contributed by atoms with Gasteiger partial charge in [0.2, 0.25) is 10.0 Å². The van der Waals surface area contributed by atoms with Gasteiger partial charge in [-0.2, -0.15) is 0 Å². The number of hydrogen-bond acceptors (Lipinski definition) is 4. The lowest BCUT2D eigenvalue weighted by Gasteiger charge is -2.20. The largest absolute Gasteiger partial charge is 0.484 e. The van der Waals surface area contributed by atoms with Gasteiger partial charge in [-0.15, -0.1) is 0 Å². The van der Waals surface area contributed by atoms with E-state index in [4.69, 9.17) is 4.74 Å². The first-order chi connectivity index (χ1) is 9.38. The van der Waals surface area contributed by atoms with Gasteiger partial charge in [-0.3, -0.25) is 9.10 Å². The Balaban J connectivity index is 2.71. The molecule has 0 saturated heterocycles. The lowest BCUT2D eigenvalue weighted by molar-refractivity contribution is -0.122. The van der Waals surface area contributed by atoms with E-state index in [1.807, 2.05) is 6.92 Å². The van der Waals surface area contributed by atoms with Gasteiger partial charge in [0.1, 0.15) is 5.75 Å². The minimum Gasteiger partial charge on any atom is -0.484 e. The minimum absolute atomic E-state index is 0.0588. The van der Waals surface area contributed by atoms with E-state index in [-0.39, 0.29) is 12.5 Å². The Morgan fingerprint density at radius 2 is 1.85 bits per heavy atom. The second-order valence-electron chi connectivity index (χ2n) is 4.16. The molecule has 0 aliphatic carbocycles. The van der Waals surface area contributed by atoms with Gasteiger partial charge in [0.05, 0.1) is 11.9 Å². The first-order valence-corrected chi connectivity index (χ1v) is 8.20. The number of nitrogens with zero attached hydrogens (tertiary/aromatic N) is 1. The molecule has 0 fully saturated rings. The number of nitrogens with one attached hydrogen (secondary N) is 1. The third kappa shape index (κ3) is 4.73. The maximum Gasteiger partial charge on any atom is 0.257 e. The summed E-state index contributed by atoms with van der Waals surface area (Å²) in [5.74, 6) is 0.326. The van der Waals surface area contributed by atoms with Crippen molar-refractivity contribution in [2.45, 2.75) is 13.8 Å². The first kappa shape index (κ1) is 16.3. The number of hydrogen-bond donors (Lipinski definition) is 1. The van der Waals surface area contributed by atoms with Gasteiger partial charge in [0, 0.05) is 13.1 Å². The summed E-state index contributed by atoms with van der Waals surface area (Å²) in [6, 6.07) is 6.58. The summed E-state index contributed by atoms with van der Waals surface area (Å²) in [4.78, 5) is 11.2. The number of carbonyl (C=O) groups is 1. The zero-order valence-corrected chi connectivity index (χ0v) is 12.7. The molecule has 1 N–H and O–H groups in total. The summed E-state index contributed by atoms with van der Waals surface area (Å²) in [6.45, 7) is 4.45. The van der Waals surface area contributed by atoms with E-state index in [1.54, 1.807) is 31.2 Å². The normalized spacial score (nSPS) is 10.9. The smallest absolute Gasteiger partial charge is 0.257 e. The number of anilines is 1. The fraction of sp³-hybridized carbons (Fsp3) is 0.462. The Kier molecular flexibility index (Phi) is 5.82. The molecule has 0 atom stereocenters. The number of carbonyl (C=O) groups excluding carboxylic acids is 1. The van der Waals surface area contributed by atoms with Crippen molar-refractivity contribution in [1.29, 1.82) is 0 Å². The number of benzene rings is 1. The minimum atomic E-state index is -3.29. The van der Waals surface area contributed by atoms with Crippen LogP contribution in [0.25, 0.3) is 0 Å². The predicted molar refractivity (Wildman–Crippen MR) is 78.5 cm³/mol. The Labute approximate surface area is 119 Å². The van der Waals surface area contributed by atoms with Crippen molar-refractivity contribution in [3.05, 3.63) is 24.3 Å². The number of amides is 1. The van der Waals surface area contributed by atoms with Gasteiger partial charge in [-0.05, 0) is 38.1 Å². The van der Waals surface area contributed by atoms with Crippen LogP contribution in [0.15, 0.2) is 24.3 Å². The van der Waals surface area contributed by atoms with Crippen LogP contribution in [0.4, 0.5) is 5.69 Å². The first-order valence-electron chi connectivity index (χ1n) is 6.35. The van der Waals surface area contributed by atoms with Crippen LogP contribution in [0.1, 0.15) is 13.8 Å². The molecule has 0 aromatic heterocycles. The van der Waals surface area contributed by atoms with Gasteiger partial charge in [-0.25, -0.2) is 8.42 Å². The van der Waals surface area contributed by atoms with Crippen LogP contribution in [0, 0.1) is 0 Å². The van der Waals surface area contributed by atoms with Crippen LogP contribution >= 0.6 is 0 Å². The molecule has 1 aromatic carbocycles. The third-order valence-electron chi connectivity index (χ3n) is 2.56. The van der Waals surface area contributed by atoms with E-state index in [0.29, 0.717) is 24.5 Å². The van der Waals surface area contributed by atoms with Gasteiger partial charge in [0.25, 0.3) is 5.91 Å². The van der Waals surface area contributed by atoms with E-state index < -0.39 is 10.0 Å². The molecule has 0 aliphatic rings. The van der Waals surface area contributed by atoms with Gasteiger partial charge >= 0.3 is 0 Å². The monoisotopic (exact) mass is 300 g/mol. The molecule has 0 unspecified atom stereocenters. The number of likely N-dealkylation sites (N-methyl/N-ethyl adjacent to an activating group) is 1. The summed E-state index contributed by atoms with van der Waals surface area (Å²) < 4.78 is 29.7. The fourth-order valence-corrected chi connectivity index (χ4v) is 2.69. The highest BCUT2D eigenvalue weighted by atomic mass is 32.2. The van der Waals surface area contributed by atoms with Crippen molar-refractivity contribution in [2.75, 3.05) is 30.3 Å². The fourth-order valence-electron chi connectivity index (χ4n) is 1.71. The molecule has 0 aliphatic heterocycles. The SMILES string of the molecule is CCNC(=O)COc1ccc(N(CC)S(C)(=O)=O)cc1. The molecule has 0 spiro atoms. The summed E-state index contributed by atoms with van der Waals surface area (Å²) in [5.41, 5.74) is 0.570. The van der Waals surface area contributed by atoms with Crippen molar-refractivity contribution < 1.29 is 17.9 Å². The number of ether oxygens (including phenoxy) is 1. The van der Waals surface area contributed by atoms with Crippen LogP contribution in [-0.2, 0) is 14.8 Å². The Morgan fingerprint density at radius 1 is 1.25 bits per heavy atom. The van der Waals surface area contributed by atoms with E-state index in [9.17, 15) is 13.2 Å². The molecule has 1 aromatic rings. The van der Waals surface area contributed by atoms with Gasteiger partial charge < -0.3 is 10.1 Å². The molecule has 6 nitrogen and oxygen atoms in total. The van der Waals surface area contributed by atoms with Crippen LogP contribution in [0.3, 0.4) is 0 Å². The highest BCUT2D eigenvalue weighted by Gasteiger charge is 2.14. The molecule has 1 rings (SSSR count). The quantitative estimate of drug-likeness (QED) is 0.814. The van der Waals surface area contributed by atoms with Crippen molar-refractivity contribution in [2.24, 2.45) is 0 Å². The Morgan fingerprint density at radius 3 is 2.30 bits per heavy atom. The van der Waals surface area contributed by atoms with Crippen molar-refractivity contribution >= 4 is 21.6 Å². The predicted octanol–water partition coefficient (Wildman–Crippen LogP) is 0.987. The zero-order chi connectivity index (χ0) is 15.2. The topological polar surface area (TPSA) is 75.7 Å². The average Bonchev–Trinajstić information content (AvgIpc) is 2.37. The van der Waals surface area contributed by atoms with Crippen molar-refractivity contribution in [3.8, 4) is 5.75 Å². The lowest BCUT2D eigenvalue weighted by atomic mass is 10.3. The molecule has 7 heteroatoms. The van der Waals surface area contributed by atoms with E-state index in [2.05, 4.69) is 5.32 Å². The molecule has 0 heterocycles. The lowest BCUT2D eigenvalue weighted by Crippen LogP contribution is -2.29. The maximum atomic E-state index is 11.6. The molecule has 112 valence electrons. The average molecular weight is 300 g/mol. The highest BCUT2D eigenvalue weighted by Crippen LogP contribution is 2.21. The van der Waals surface area contributed by atoms with Gasteiger partial charge in [-0.1, -0.05) is 0 Å². The second-order valence-corrected chi connectivity index (χ2v) is 6.07. The zero-order valence-electron chi connectivity index (χ0n) is 11.9. The Hall–Kier alpha value is -1.76. The van der Waals surface area contributed by atoms with Crippen LogP contribution in [-0.4, -0.2) is 40.3 Å². The van der Waals surface area contributed by atoms with Crippen LogP contribution in [0.5, 0.6) is 5.75 Å². The maximum absolute atomic E-state index is 11.6.